The Balaban J connectivity index is 0.00000364. The van der Waals surface area contributed by atoms with E-state index in [4.69, 9.17) is 0 Å². The van der Waals surface area contributed by atoms with Gasteiger partial charge in [-0.15, -0.1) is 12.4 Å². The van der Waals surface area contributed by atoms with Gasteiger partial charge in [0.25, 0.3) is 5.91 Å². The third-order valence-electron chi connectivity index (χ3n) is 4.82. The number of aryl methyl sites for hydroxylation is 1. The van der Waals surface area contributed by atoms with Crippen molar-refractivity contribution in [2.45, 2.75) is 57.4 Å². The second-order valence-corrected chi connectivity index (χ2v) is 8.83. The number of piperidine rings is 1. The first-order valence-corrected chi connectivity index (χ1v) is 10.9. The Morgan fingerprint density at radius 1 is 1.22 bits per heavy atom. The molecule has 0 spiro atoms. The smallest absolute Gasteiger partial charge is 0.251 e. The van der Waals surface area contributed by atoms with E-state index in [1.165, 1.54) is 6.07 Å². The summed E-state index contributed by atoms with van der Waals surface area (Å²) < 4.78 is 27.6. The number of carbonyl (C=O) groups excluding carboxylic acids is 1. The van der Waals surface area contributed by atoms with Crippen molar-refractivity contribution in [2.24, 2.45) is 0 Å². The van der Waals surface area contributed by atoms with E-state index in [2.05, 4.69) is 17.6 Å². The van der Waals surface area contributed by atoms with E-state index in [1.54, 1.807) is 16.4 Å². The summed E-state index contributed by atoms with van der Waals surface area (Å²) in [5, 5.41) is 6.08. The van der Waals surface area contributed by atoms with Crippen LogP contribution >= 0.6 is 12.4 Å². The predicted octanol–water partition coefficient (Wildman–Crippen LogP) is 2.71. The highest BCUT2D eigenvalue weighted by Gasteiger charge is 2.31. The maximum absolute atomic E-state index is 13.0. The first-order valence-electron chi connectivity index (χ1n) is 9.49. The normalized spacial score (nSPS) is 18.0. The Bertz CT molecular complexity index is 725. The van der Waals surface area contributed by atoms with Crippen LogP contribution in [0.25, 0.3) is 0 Å². The van der Waals surface area contributed by atoms with Crippen LogP contribution in [0.15, 0.2) is 23.1 Å². The van der Waals surface area contributed by atoms with Crippen molar-refractivity contribution in [3.05, 3.63) is 29.3 Å². The van der Waals surface area contributed by atoms with Gasteiger partial charge in [0, 0.05) is 31.2 Å². The van der Waals surface area contributed by atoms with E-state index in [0.29, 0.717) is 25.2 Å². The number of amides is 1. The van der Waals surface area contributed by atoms with Crippen molar-refractivity contribution < 1.29 is 13.2 Å². The fourth-order valence-corrected chi connectivity index (χ4v) is 4.96. The summed E-state index contributed by atoms with van der Waals surface area (Å²) in [4.78, 5) is 12.7. The fraction of sp³-hybridized carbons (Fsp3) is 0.632. The average Bonchev–Trinajstić information content (AvgIpc) is 2.61. The monoisotopic (exact) mass is 417 g/mol. The molecule has 1 aliphatic rings. The highest BCUT2D eigenvalue weighted by Crippen LogP contribution is 2.26. The Morgan fingerprint density at radius 3 is 2.63 bits per heavy atom. The fourth-order valence-electron chi connectivity index (χ4n) is 3.23. The molecule has 0 saturated carbocycles. The van der Waals surface area contributed by atoms with E-state index in [9.17, 15) is 13.2 Å². The number of hydrogen-bond acceptors (Lipinski definition) is 4. The van der Waals surface area contributed by atoms with Crippen molar-refractivity contribution in [3.63, 3.8) is 0 Å². The molecule has 2 N–H and O–H groups in total. The van der Waals surface area contributed by atoms with Crippen LogP contribution in [0.3, 0.4) is 0 Å². The number of sulfonamides is 1. The SMILES string of the molecule is CCCNCCNC(=O)c1cc(S(=O)(=O)N2CCCCC2C)ccc1C.Cl. The molecule has 0 radical (unpaired) electrons. The summed E-state index contributed by atoms with van der Waals surface area (Å²) in [6, 6.07) is 4.83. The van der Waals surface area contributed by atoms with Gasteiger partial charge in [0.1, 0.15) is 0 Å². The lowest BCUT2D eigenvalue weighted by atomic mass is 10.1. The Kier molecular flexibility index (Phi) is 9.73. The Hall–Kier alpha value is -1.15. The number of rotatable bonds is 8. The van der Waals surface area contributed by atoms with E-state index < -0.39 is 10.0 Å². The molecule has 154 valence electrons. The molecule has 1 aromatic carbocycles. The van der Waals surface area contributed by atoms with Gasteiger partial charge >= 0.3 is 0 Å². The zero-order valence-corrected chi connectivity index (χ0v) is 18.1. The van der Waals surface area contributed by atoms with Crippen LogP contribution in [0, 0.1) is 6.92 Å². The molecule has 27 heavy (non-hydrogen) atoms. The molecule has 1 amide bonds. The van der Waals surface area contributed by atoms with Gasteiger partial charge in [-0.2, -0.15) is 4.31 Å². The molecular weight excluding hydrogens is 386 g/mol. The van der Waals surface area contributed by atoms with Crippen molar-refractivity contribution in [1.82, 2.24) is 14.9 Å². The number of benzene rings is 1. The summed E-state index contributed by atoms with van der Waals surface area (Å²) in [7, 11) is -3.58. The minimum absolute atomic E-state index is 0. The summed E-state index contributed by atoms with van der Waals surface area (Å²) in [5.41, 5.74) is 1.20. The van der Waals surface area contributed by atoms with Gasteiger partial charge < -0.3 is 10.6 Å². The van der Waals surface area contributed by atoms with Crippen LogP contribution in [0.1, 0.15) is 55.5 Å². The van der Waals surface area contributed by atoms with Gasteiger partial charge in [0.2, 0.25) is 10.0 Å². The van der Waals surface area contributed by atoms with Crippen LogP contribution in [0.2, 0.25) is 0 Å². The minimum atomic E-state index is -3.58. The average molecular weight is 418 g/mol. The van der Waals surface area contributed by atoms with Crippen molar-refractivity contribution >= 4 is 28.3 Å². The summed E-state index contributed by atoms with van der Waals surface area (Å²) in [5.74, 6) is -0.232. The Morgan fingerprint density at radius 2 is 1.96 bits per heavy atom. The van der Waals surface area contributed by atoms with Crippen LogP contribution in [0.5, 0.6) is 0 Å². The van der Waals surface area contributed by atoms with Crippen LogP contribution in [0.4, 0.5) is 0 Å². The first kappa shape index (κ1) is 23.9. The van der Waals surface area contributed by atoms with E-state index in [0.717, 1.165) is 37.8 Å². The number of nitrogens with one attached hydrogen (secondary N) is 2. The zero-order chi connectivity index (χ0) is 19.2. The van der Waals surface area contributed by atoms with Crippen LogP contribution < -0.4 is 10.6 Å². The van der Waals surface area contributed by atoms with Crippen LogP contribution in [-0.4, -0.2) is 50.9 Å². The molecule has 1 aromatic rings. The number of hydrogen-bond donors (Lipinski definition) is 2. The van der Waals surface area contributed by atoms with Gasteiger partial charge in [-0.1, -0.05) is 19.4 Å². The highest BCUT2D eigenvalue weighted by atomic mass is 35.5. The van der Waals surface area contributed by atoms with Crippen LogP contribution in [-0.2, 0) is 10.0 Å². The molecule has 2 rings (SSSR count). The van der Waals surface area contributed by atoms with Gasteiger partial charge in [0.05, 0.1) is 4.90 Å². The molecule has 1 unspecified atom stereocenters. The van der Waals surface area contributed by atoms with Crippen molar-refractivity contribution in [2.75, 3.05) is 26.2 Å². The quantitative estimate of drug-likeness (QED) is 0.637. The number of nitrogens with zero attached hydrogens (tertiary/aromatic N) is 1. The third kappa shape index (κ3) is 6.17. The molecule has 0 bridgehead atoms. The molecule has 1 atom stereocenters. The molecule has 0 aromatic heterocycles. The van der Waals surface area contributed by atoms with E-state index in [1.807, 2.05) is 13.8 Å². The Labute approximate surface area is 169 Å². The number of carbonyl (C=O) groups is 1. The lowest BCUT2D eigenvalue weighted by molar-refractivity contribution is 0.0953. The minimum Gasteiger partial charge on any atom is -0.351 e. The zero-order valence-electron chi connectivity index (χ0n) is 16.5. The second kappa shape index (κ2) is 11.0. The molecule has 1 saturated heterocycles. The summed E-state index contributed by atoms with van der Waals surface area (Å²) in [6.45, 7) is 8.52. The topological polar surface area (TPSA) is 78.5 Å². The van der Waals surface area contributed by atoms with E-state index >= 15 is 0 Å². The number of halogens is 1. The maximum atomic E-state index is 13.0. The van der Waals surface area contributed by atoms with Gasteiger partial charge in [-0.3, -0.25) is 4.79 Å². The largest absolute Gasteiger partial charge is 0.351 e. The highest BCUT2D eigenvalue weighted by molar-refractivity contribution is 7.89. The van der Waals surface area contributed by atoms with Crippen molar-refractivity contribution in [3.8, 4) is 0 Å². The molecule has 6 nitrogen and oxygen atoms in total. The van der Waals surface area contributed by atoms with E-state index in [-0.39, 0.29) is 29.3 Å². The summed E-state index contributed by atoms with van der Waals surface area (Å²) >= 11 is 0. The molecule has 8 heteroatoms. The lowest BCUT2D eigenvalue weighted by Gasteiger charge is -2.32. The van der Waals surface area contributed by atoms with Gasteiger partial charge in [-0.25, -0.2) is 8.42 Å². The van der Waals surface area contributed by atoms with Gasteiger partial charge in [0.15, 0.2) is 0 Å². The molecule has 1 fully saturated rings. The summed E-state index contributed by atoms with van der Waals surface area (Å²) in [6.07, 6.45) is 3.86. The maximum Gasteiger partial charge on any atom is 0.251 e. The standard InChI is InChI=1S/C19H31N3O3S.ClH/c1-4-10-20-11-12-21-19(23)18-14-17(9-8-15(18)2)26(24,25)22-13-6-5-7-16(22)3;/h8-9,14,16,20H,4-7,10-13H2,1-3H3,(H,21,23);1H. The predicted molar refractivity (Wildman–Crippen MR) is 111 cm³/mol. The molecule has 1 aliphatic heterocycles. The second-order valence-electron chi connectivity index (χ2n) is 6.94. The third-order valence-corrected chi connectivity index (χ3v) is 6.83. The van der Waals surface area contributed by atoms with Gasteiger partial charge in [-0.05, 0) is 57.4 Å². The first-order chi connectivity index (χ1) is 12.4. The molecule has 1 heterocycles. The van der Waals surface area contributed by atoms with Crippen molar-refractivity contribution in [1.29, 1.82) is 0 Å². The molecular formula is C19H32ClN3O3S. The lowest BCUT2D eigenvalue weighted by Crippen LogP contribution is -2.42. The molecule has 0 aliphatic carbocycles.